The molecular weight excluding hydrogens is 470 g/mol. The number of benzene rings is 2. The molecular formula is C21H26BrN3O4S. The Bertz CT molecular complexity index is 1010. The summed E-state index contributed by atoms with van der Waals surface area (Å²) in [5.41, 5.74) is 2.28. The van der Waals surface area contributed by atoms with Crippen LogP contribution in [0.2, 0.25) is 0 Å². The molecule has 1 atom stereocenters. The second kappa shape index (κ2) is 10.1. The van der Waals surface area contributed by atoms with Crippen molar-refractivity contribution < 1.29 is 18.0 Å². The number of para-hydroxylation sites is 1. The molecule has 30 heavy (non-hydrogen) atoms. The number of halogens is 1. The van der Waals surface area contributed by atoms with Gasteiger partial charge in [0, 0.05) is 18.1 Å². The van der Waals surface area contributed by atoms with E-state index in [-0.39, 0.29) is 12.5 Å². The molecule has 0 fully saturated rings. The summed E-state index contributed by atoms with van der Waals surface area (Å²) >= 11 is 3.35. The molecule has 0 saturated heterocycles. The Morgan fingerprint density at radius 3 is 2.23 bits per heavy atom. The topological polar surface area (TPSA) is 86.8 Å². The highest BCUT2D eigenvalue weighted by Crippen LogP contribution is 2.28. The predicted octanol–water partition coefficient (Wildman–Crippen LogP) is 2.69. The molecule has 0 heterocycles. The second-order valence-electron chi connectivity index (χ2n) is 7.02. The number of likely N-dealkylation sites (N-methyl/N-ethyl adjacent to an activating group) is 1. The van der Waals surface area contributed by atoms with Crippen molar-refractivity contribution in [2.24, 2.45) is 0 Å². The van der Waals surface area contributed by atoms with Crippen molar-refractivity contribution in [2.75, 3.05) is 24.2 Å². The summed E-state index contributed by atoms with van der Waals surface area (Å²) in [6, 6.07) is 13.6. The Hall–Kier alpha value is -2.39. The van der Waals surface area contributed by atoms with Gasteiger partial charge in [-0.1, -0.05) is 42.0 Å². The Kier molecular flexibility index (Phi) is 8.03. The number of anilines is 1. The first-order valence-corrected chi connectivity index (χ1v) is 12.0. The first-order chi connectivity index (χ1) is 14.0. The van der Waals surface area contributed by atoms with Gasteiger partial charge in [-0.25, -0.2) is 8.42 Å². The van der Waals surface area contributed by atoms with Gasteiger partial charge in [0.05, 0.1) is 11.9 Å². The summed E-state index contributed by atoms with van der Waals surface area (Å²) in [5, 5.41) is 2.55. The van der Waals surface area contributed by atoms with Gasteiger partial charge in [0.2, 0.25) is 21.8 Å². The molecule has 0 aliphatic rings. The van der Waals surface area contributed by atoms with E-state index in [9.17, 15) is 18.0 Å². The maximum absolute atomic E-state index is 13.2. The smallest absolute Gasteiger partial charge is 0.244 e. The normalized spacial score (nSPS) is 12.2. The molecule has 2 amide bonds. The lowest BCUT2D eigenvalue weighted by Crippen LogP contribution is -2.50. The molecule has 2 aromatic rings. The van der Waals surface area contributed by atoms with Crippen LogP contribution < -0.4 is 9.62 Å². The number of hydrogen-bond acceptors (Lipinski definition) is 4. The number of aryl methyl sites for hydroxylation is 1. The minimum Gasteiger partial charge on any atom is -0.357 e. The van der Waals surface area contributed by atoms with Crippen molar-refractivity contribution >= 4 is 43.5 Å². The summed E-state index contributed by atoms with van der Waals surface area (Å²) < 4.78 is 26.5. The van der Waals surface area contributed by atoms with Crippen molar-refractivity contribution in [3.8, 4) is 0 Å². The maximum atomic E-state index is 13.2. The van der Waals surface area contributed by atoms with Crippen molar-refractivity contribution in [1.82, 2.24) is 10.2 Å². The number of carbonyl (C=O) groups excluding carboxylic acids is 2. The average molecular weight is 496 g/mol. The number of sulfonamides is 1. The van der Waals surface area contributed by atoms with E-state index in [1.807, 2.05) is 31.2 Å². The van der Waals surface area contributed by atoms with Crippen LogP contribution in [0.1, 0.15) is 18.1 Å². The fourth-order valence-electron chi connectivity index (χ4n) is 2.93. The Balaban J connectivity index is 2.38. The largest absolute Gasteiger partial charge is 0.357 e. The van der Waals surface area contributed by atoms with Crippen LogP contribution in [0.3, 0.4) is 0 Å². The number of nitrogens with zero attached hydrogens (tertiary/aromatic N) is 2. The highest BCUT2D eigenvalue weighted by molar-refractivity contribution is 9.10. The van der Waals surface area contributed by atoms with Gasteiger partial charge in [-0.2, -0.15) is 0 Å². The fraction of sp³-hybridized carbons (Fsp3) is 0.333. The Morgan fingerprint density at radius 2 is 1.70 bits per heavy atom. The number of carbonyl (C=O) groups is 2. The van der Waals surface area contributed by atoms with Gasteiger partial charge in [-0.05, 0) is 47.5 Å². The highest BCUT2D eigenvalue weighted by Gasteiger charge is 2.30. The van der Waals surface area contributed by atoms with Crippen LogP contribution >= 0.6 is 15.9 Å². The zero-order chi connectivity index (χ0) is 22.5. The van der Waals surface area contributed by atoms with Crippen LogP contribution in [-0.4, -0.2) is 51.0 Å². The molecule has 2 aromatic carbocycles. The molecule has 0 saturated carbocycles. The highest BCUT2D eigenvalue weighted by atomic mass is 79.9. The van der Waals surface area contributed by atoms with E-state index in [0.29, 0.717) is 10.2 Å². The quantitative estimate of drug-likeness (QED) is 0.609. The van der Waals surface area contributed by atoms with Crippen LogP contribution in [0, 0.1) is 6.92 Å². The molecule has 0 aliphatic heterocycles. The van der Waals surface area contributed by atoms with Gasteiger partial charge < -0.3 is 10.2 Å². The van der Waals surface area contributed by atoms with Gasteiger partial charge in [-0.15, -0.1) is 0 Å². The van der Waals surface area contributed by atoms with Crippen LogP contribution in [0.15, 0.2) is 53.0 Å². The molecule has 7 nitrogen and oxygen atoms in total. The SMILES string of the molecule is CNC(=O)C(C)N(Cc1ccc(C)cc1)C(=O)CN(c1ccccc1Br)S(C)(=O)=O. The Labute approximate surface area is 186 Å². The molecule has 0 aromatic heterocycles. The third kappa shape index (κ3) is 6.06. The molecule has 9 heteroatoms. The number of rotatable bonds is 8. The van der Waals surface area contributed by atoms with Crippen LogP contribution in [0.25, 0.3) is 0 Å². The molecule has 2 rings (SSSR count). The van der Waals surface area contributed by atoms with E-state index in [1.54, 1.807) is 31.2 Å². The second-order valence-corrected chi connectivity index (χ2v) is 9.78. The molecule has 0 spiro atoms. The average Bonchev–Trinajstić information content (AvgIpc) is 2.70. The van der Waals surface area contributed by atoms with Crippen LogP contribution in [-0.2, 0) is 26.2 Å². The third-order valence-electron chi connectivity index (χ3n) is 4.69. The van der Waals surface area contributed by atoms with E-state index >= 15 is 0 Å². The monoisotopic (exact) mass is 495 g/mol. The van der Waals surface area contributed by atoms with Gasteiger partial charge in [0.25, 0.3) is 0 Å². The number of amides is 2. The third-order valence-corrected chi connectivity index (χ3v) is 6.48. The summed E-state index contributed by atoms with van der Waals surface area (Å²) in [7, 11) is -2.25. The molecule has 0 radical (unpaired) electrons. The zero-order valence-corrected chi connectivity index (χ0v) is 19.8. The summed E-state index contributed by atoms with van der Waals surface area (Å²) in [6.45, 7) is 3.34. The number of nitrogens with one attached hydrogen (secondary N) is 1. The molecule has 0 aliphatic carbocycles. The van der Waals surface area contributed by atoms with E-state index in [4.69, 9.17) is 0 Å². The van der Waals surface area contributed by atoms with Crippen molar-refractivity contribution in [2.45, 2.75) is 26.4 Å². The number of hydrogen-bond donors (Lipinski definition) is 1. The minimum absolute atomic E-state index is 0.182. The summed E-state index contributed by atoms with van der Waals surface area (Å²) in [4.78, 5) is 26.9. The van der Waals surface area contributed by atoms with Crippen LogP contribution in [0.4, 0.5) is 5.69 Å². The van der Waals surface area contributed by atoms with Crippen molar-refractivity contribution in [1.29, 1.82) is 0 Å². The lowest BCUT2D eigenvalue weighted by Gasteiger charge is -2.31. The lowest BCUT2D eigenvalue weighted by molar-refractivity contribution is -0.139. The first kappa shape index (κ1) is 23.9. The summed E-state index contributed by atoms with van der Waals surface area (Å²) in [5.74, 6) is -0.810. The fourth-order valence-corrected chi connectivity index (χ4v) is 4.41. The van der Waals surface area contributed by atoms with Gasteiger partial charge in [0.15, 0.2) is 0 Å². The molecule has 162 valence electrons. The van der Waals surface area contributed by atoms with E-state index in [2.05, 4.69) is 21.2 Å². The van der Waals surface area contributed by atoms with Gasteiger partial charge >= 0.3 is 0 Å². The molecule has 1 N–H and O–H groups in total. The zero-order valence-electron chi connectivity index (χ0n) is 17.4. The standard InChI is InChI=1S/C21H26BrN3O4S/c1-15-9-11-17(12-10-15)13-24(16(2)21(27)23-3)20(26)14-25(30(4,28)29)19-8-6-5-7-18(19)22/h5-12,16H,13-14H2,1-4H3,(H,23,27). The molecule has 1 unspecified atom stereocenters. The van der Waals surface area contributed by atoms with E-state index in [1.165, 1.54) is 11.9 Å². The lowest BCUT2D eigenvalue weighted by atomic mass is 10.1. The Morgan fingerprint density at radius 1 is 1.10 bits per heavy atom. The van der Waals surface area contributed by atoms with Gasteiger partial charge in [0.1, 0.15) is 12.6 Å². The predicted molar refractivity (Wildman–Crippen MR) is 122 cm³/mol. The van der Waals surface area contributed by atoms with Crippen molar-refractivity contribution in [3.63, 3.8) is 0 Å². The van der Waals surface area contributed by atoms with Gasteiger partial charge in [-0.3, -0.25) is 13.9 Å². The maximum Gasteiger partial charge on any atom is 0.244 e. The summed E-state index contributed by atoms with van der Waals surface area (Å²) in [6.07, 6.45) is 1.05. The minimum atomic E-state index is -3.74. The van der Waals surface area contributed by atoms with E-state index in [0.717, 1.165) is 21.7 Å². The van der Waals surface area contributed by atoms with Crippen LogP contribution in [0.5, 0.6) is 0 Å². The van der Waals surface area contributed by atoms with E-state index < -0.39 is 28.5 Å². The van der Waals surface area contributed by atoms with Crippen molar-refractivity contribution in [3.05, 3.63) is 64.1 Å². The molecule has 0 bridgehead atoms. The first-order valence-electron chi connectivity index (χ1n) is 9.33.